The molecule has 1 aliphatic heterocycles. The number of carbonyl (C=O) groups excluding carboxylic acids is 1. The number of aromatic nitrogens is 2. The average Bonchev–Trinajstić information content (AvgIpc) is 2.62. The van der Waals surface area contributed by atoms with Crippen LogP contribution in [0.2, 0.25) is 0 Å². The summed E-state index contributed by atoms with van der Waals surface area (Å²) in [7, 11) is 0. The number of amides is 1. The molecule has 0 atom stereocenters. The van der Waals surface area contributed by atoms with Gasteiger partial charge in [0.25, 0.3) is 0 Å². The second kappa shape index (κ2) is 7.37. The summed E-state index contributed by atoms with van der Waals surface area (Å²) in [6.07, 6.45) is 6.95. The summed E-state index contributed by atoms with van der Waals surface area (Å²) in [5.41, 5.74) is 0.997. The summed E-state index contributed by atoms with van der Waals surface area (Å²) in [5.74, 6) is 0.762. The van der Waals surface area contributed by atoms with Gasteiger partial charge >= 0.3 is 0 Å². The lowest BCUT2D eigenvalue weighted by Gasteiger charge is -2.34. The highest BCUT2D eigenvalue weighted by atomic mass is 79.9. The van der Waals surface area contributed by atoms with Crippen LogP contribution in [0.15, 0.2) is 53.3 Å². The third-order valence-corrected chi connectivity index (χ3v) is 4.46. The van der Waals surface area contributed by atoms with E-state index in [0.29, 0.717) is 13.1 Å². The molecule has 5 nitrogen and oxygen atoms in total. The van der Waals surface area contributed by atoms with Gasteiger partial charge < -0.3 is 9.80 Å². The van der Waals surface area contributed by atoms with Gasteiger partial charge in [-0.05, 0) is 23.8 Å². The predicted molar refractivity (Wildman–Crippen MR) is 94.0 cm³/mol. The van der Waals surface area contributed by atoms with E-state index in [9.17, 15) is 4.79 Å². The fraction of sp³-hybridized carbons (Fsp3) is 0.235. The molecule has 118 valence electrons. The monoisotopic (exact) mass is 372 g/mol. The molecule has 2 aromatic rings. The Labute approximate surface area is 143 Å². The van der Waals surface area contributed by atoms with Crippen molar-refractivity contribution in [3.63, 3.8) is 0 Å². The first-order valence-corrected chi connectivity index (χ1v) is 8.27. The van der Waals surface area contributed by atoms with Crippen LogP contribution < -0.4 is 4.90 Å². The molecule has 1 amide bonds. The molecule has 6 heteroatoms. The van der Waals surface area contributed by atoms with Crippen molar-refractivity contribution in [1.29, 1.82) is 0 Å². The van der Waals surface area contributed by atoms with Crippen LogP contribution in [-0.4, -0.2) is 47.0 Å². The highest BCUT2D eigenvalue weighted by Gasteiger charge is 2.20. The Kier molecular flexibility index (Phi) is 5.02. The Balaban J connectivity index is 1.57. The van der Waals surface area contributed by atoms with E-state index in [4.69, 9.17) is 0 Å². The predicted octanol–water partition coefficient (Wildman–Crippen LogP) is 2.60. The molecular formula is C17H17BrN4O. The standard InChI is InChI=1S/C17H17BrN4O/c18-15-5-2-1-4-14(15)6-7-16(23)21-10-12-22(13-11-21)17-19-8-3-9-20-17/h1-9H,10-13H2/b7-6+. The van der Waals surface area contributed by atoms with Crippen molar-refractivity contribution in [2.45, 2.75) is 0 Å². The second-order valence-electron chi connectivity index (χ2n) is 5.22. The quantitative estimate of drug-likeness (QED) is 0.777. The first-order chi connectivity index (χ1) is 11.2. The maximum atomic E-state index is 12.3. The number of benzene rings is 1. The Morgan fingerprint density at radius 1 is 1.04 bits per heavy atom. The summed E-state index contributed by atoms with van der Waals surface area (Å²) in [6.45, 7) is 2.85. The highest BCUT2D eigenvalue weighted by Crippen LogP contribution is 2.17. The molecule has 0 radical (unpaired) electrons. The zero-order valence-electron chi connectivity index (χ0n) is 12.6. The van der Waals surface area contributed by atoms with Crippen molar-refractivity contribution in [3.05, 3.63) is 58.8 Å². The number of anilines is 1. The van der Waals surface area contributed by atoms with Gasteiger partial charge in [-0.25, -0.2) is 9.97 Å². The zero-order valence-corrected chi connectivity index (χ0v) is 14.2. The van der Waals surface area contributed by atoms with Crippen molar-refractivity contribution in [1.82, 2.24) is 14.9 Å². The minimum absolute atomic E-state index is 0.0365. The van der Waals surface area contributed by atoms with E-state index in [1.54, 1.807) is 24.5 Å². The van der Waals surface area contributed by atoms with Crippen molar-refractivity contribution < 1.29 is 4.79 Å². The third-order valence-electron chi connectivity index (χ3n) is 3.74. The van der Waals surface area contributed by atoms with Gasteiger partial charge in [0.05, 0.1) is 0 Å². The number of hydrogen-bond donors (Lipinski definition) is 0. The summed E-state index contributed by atoms with van der Waals surface area (Å²) in [5, 5.41) is 0. The molecule has 0 unspecified atom stereocenters. The molecule has 1 aromatic heterocycles. The molecule has 0 saturated carbocycles. The highest BCUT2D eigenvalue weighted by molar-refractivity contribution is 9.10. The van der Waals surface area contributed by atoms with Crippen LogP contribution in [0, 0.1) is 0 Å². The minimum Gasteiger partial charge on any atom is -0.337 e. The minimum atomic E-state index is 0.0365. The molecule has 2 heterocycles. The van der Waals surface area contributed by atoms with Crippen molar-refractivity contribution in [3.8, 4) is 0 Å². The van der Waals surface area contributed by atoms with Gasteiger partial charge in [0, 0.05) is 49.1 Å². The molecular weight excluding hydrogens is 356 g/mol. The summed E-state index contributed by atoms with van der Waals surface area (Å²) >= 11 is 3.48. The second-order valence-corrected chi connectivity index (χ2v) is 6.07. The molecule has 1 saturated heterocycles. The van der Waals surface area contributed by atoms with Crippen LogP contribution in [0.1, 0.15) is 5.56 Å². The Morgan fingerprint density at radius 2 is 1.74 bits per heavy atom. The summed E-state index contributed by atoms with van der Waals surface area (Å²) < 4.78 is 0.982. The molecule has 1 aromatic carbocycles. The van der Waals surface area contributed by atoms with Gasteiger partial charge in [-0.2, -0.15) is 0 Å². The van der Waals surface area contributed by atoms with Crippen LogP contribution in [0.25, 0.3) is 6.08 Å². The van der Waals surface area contributed by atoms with Crippen LogP contribution >= 0.6 is 15.9 Å². The topological polar surface area (TPSA) is 49.3 Å². The van der Waals surface area contributed by atoms with E-state index in [-0.39, 0.29) is 5.91 Å². The van der Waals surface area contributed by atoms with Crippen molar-refractivity contribution in [2.75, 3.05) is 31.1 Å². The molecule has 0 N–H and O–H groups in total. The van der Waals surface area contributed by atoms with Gasteiger partial charge in [-0.3, -0.25) is 4.79 Å². The van der Waals surface area contributed by atoms with E-state index in [1.165, 1.54) is 0 Å². The number of halogens is 1. The van der Waals surface area contributed by atoms with Gasteiger partial charge in [0.1, 0.15) is 0 Å². The zero-order chi connectivity index (χ0) is 16.1. The third kappa shape index (κ3) is 3.96. The molecule has 0 bridgehead atoms. The SMILES string of the molecule is O=C(/C=C/c1ccccc1Br)N1CCN(c2ncccn2)CC1. The fourth-order valence-electron chi connectivity index (χ4n) is 2.46. The molecule has 0 aliphatic carbocycles. The van der Waals surface area contributed by atoms with Crippen molar-refractivity contribution >= 4 is 33.9 Å². The first-order valence-electron chi connectivity index (χ1n) is 7.47. The normalized spacial score (nSPS) is 15.2. The van der Waals surface area contributed by atoms with Crippen LogP contribution in [0.5, 0.6) is 0 Å². The summed E-state index contributed by atoms with van der Waals surface area (Å²) in [6, 6.07) is 9.64. The lowest BCUT2D eigenvalue weighted by molar-refractivity contribution is -0.126. The van der Waals surface area contributed by atoms with Crippen LogP contribution in [0.4, 0.5) is 5.95 Å². The lowest BCUT2D eigenvalue weighted by atomic mass is 10.2. The van der Waals surface area contributed by atoms with E-state index in [0.717, 1.165) is 29.1 Å². The van der Waals surface area contributed by atoms with Gasteiger partial charge in [-0.15, -0.1) is 0 Å². The molecule has 1 fully saturated rings. The smallest absolute Gasteiger partial charge is 0.246 e. The van der Waals surface area contributed by atoms with E-state index in [2.05, 4.69) is 30.8 Å². The Bertz CT molecular complexity index is 697. The number of piperazine rings is 1. The van der Waals surface area contributed by atoms with Gasteiger partial charge in [-0.1, -0.05) is 34.1 Å². The number of nitrogens with zero attached hydrogens (tertiary/aromatic N) is 4. The first kappa shape index (κ1) is 15.7. The average molecular weight is 373 g/mol. The van der Waals surface area contributed by atoms with E-state index in [1.807, 2.05) is 35.2 Å². The number of rotatable bonds is 3. The molecule has 0 spiro atoms. The van der Waals surface area contributed by atoms with Gasteiger partial charge in [0.15, 0.2) is 0 Å². The van der Waals surface area contributed by atoms with Crippen molar-refractivity contribution in [2.24, 2.45) is 0 Å². The molecule has 1 aliphatic rings. The molecule has 3 rings (SSSR count). The Hall–Kier alpha value is -2.21. The summed E-state index contributed by atoms with van der Waals surface area (Å²) in [4.78, 5) is 24.8. The maximum absolute atomic E-state index is 12.3. The Morgan fingerprint density at radius 3 is 2.43 bits per heavy atom. The van der Waals surface area contributed by atoms with E-state index >= 15 is 0 Å². The maximum Gasteiger partial charge on any atom is 0.246 e. The number of hydrogen-bond acceptors (Lipinski definition) is 4. The number of carbonyl (C=O) groups is 1. The lowest BCUT2D eigenvalue weighted by Crippen LogP contribution is -2.48. The van der Waals surface area contributed by atoms with Crippen LogP contribution in [0.3, 0.4) is 0 Å². The van der Waals surface area contributed by atoms with E-state index < -0.39 is 0 Å². The largest absolute Gasteiger partial charge is 0.337 e. The van der Waals surface area contributed by atoms with Crippen LogP contribution in [-0.2, 0) is 4.79 Å². The fourth-order valence-corrected chi connectivity index (χ4v) is 2.88. The van der Waals surface area contributed by atoms with Gasteiger partial charge in [0.2, 0.25) is 11.9 Å². The molecule has 23 heavy (non-hydrogen) atoms.